The minimum absolute atomic E-state index is 0.104. The Labute approximate surface area is 150 Å². The molecular weight excluding hydrogens is 365 g/mol. The average molecular weight is 380 g/mol. The van der Waals surface area contributed by atoms with Crippen molar-refractivity contribution < 1.29 is 17.5 Å². The summed E-state index contributed by atoms with van der Waals surface area (Å²) in [4.78, 5) is 0.119. The van der Waals surface area contributed by atoms with Gasteiger partial charge >= 0.3 is 0 Å². The van der Waals surface area contributed by atoms with Gasteiger partial charge in [0.1, 0.15) is 18.2 Å². The molecule has 0 N–H and O–H groups in total. The van der Waals surface area contributed by atoms with E-state index in [-0.39, 0.29) is 22.5 Å². The number of fused-ring (bicyclic) bond motifs is 1. The summed E-state index contributed by atoms with van der Waals surface area (Å²) in [6, 6.07) is 12.2. The highest BCUT2D eigenvalue weighted by Gasteiger charge is 2.39. The van der Waals surface area contributed by atoms with Crippen LogP contribution in [0.1, 0.15) is 17.0 Å². The zero-order valence-electron chi connectivity index (χ0n) is 13.2. The number of halogens is 2. The number of rotatable bonds is 3. The van der Waals surface area contributed by atoms with Crippen LogP contribution in [-0.4, -0.2) is 32.4 Å². The minimum atomic E-state index is -3.63. The molecule has 0 radical (unpaired) electrons. The third-order valence-corrected chi connectivity index (χ3v) is 6.66. The van der Waals surface area contributed by atoms with Gasteiger partial charge in [-0.05, 0) is 23.8 Å². The second-order valence-corrected chi connectivity index (χ2v) is 8.53. The Morgan fingerprint density at radius 3 is 2.60 bits per heavy atom. The molecule has 0 aliphatic carbocycles. The number of hydrogen-bond acceptors (Lipinski definition) is 3. The standard InChI is InChI=1S/C18H15ClFNO3S/c19-17-8-15(20)6-13-7-16(11-24-18(13)17)25(22,23)21-9-14(10-21)12-4-2-1-3-5-12/h1-8,14H,9-11H2. The van der Waals surface area contributed by atoms with Crippen LogP contribution in [0.15, 0.2) is 47.4 Å². The average Bonchev–Trinajstić information content (AvgIpc) is 2.53. The molecule has 7 heteroatoms. The van der Waals surface area contributed by atoms with Gasteiger partial charge in [0.15, 0.2) is 0 Å². The summed E-state index contributed by atoms with van der Waals surface area (Å²) in [5.74, 6) is -0.0246. The lowest BCUT2D eigenvalue weighted by Crippen LogP contribution is -2.49. The summed E-state index contributed by atoms with van der Waals surface area (Å²) in [5.41, 5.74) is 1.47. The molecule has 4 nitrogen and oxygen atoms in total. The lowest BCUT2D eigenvalue weighted by Gasteiger charge is -2.39. The summed E-state index contributed by atoms with van der Waals surface area (Å²) >= 11 is 5.94. The fraction of sp³-hybridized carbons (Fsp3) is 0.222. The van der Waals surface area contributed by atoms with Crippen LogP contribution in [0, 0.1) is 5.82 Å². The van der Waals surface area contributed by atoms with Crippen molar-refractivity contribution in [1.82, 2.24) is 4.31 Å². The Morgan fingerprint density at radius 2 is 1.88 bits per heavy atom. The SMILES string of the molecule is O=S(=O)(C1=Cc2cc(F)cc(Cl)c2OC1)N1CC(c2ccccc2)C1. The Bertz CT molecular complexity index is 954. The quantitative estimate of drug-likeness (QED) is 0.818. The maximum atomic E-state index is 13.5. The molecule has 2 aromatic carbocycles. The van der Waals surface area contributed by atoms with Crippen LogP contribution < -0.4 is 4.74 Å². The van der Waals surface area contributed by atoms with Crippen molar-refractivity contribution in [2.24, 2.45) is 0 Å². The number of ether oxygens (including phenoxy) is 1. The van der Waals surface area contributed by atoms with Gasteiger partial charge in [0, 0.05) is 24.6 Å². The molecule has 0 spiro atoms. The van der Waals surface area contributed by atoms with Crippen molar-refractivity contribution in [2.75, 3.05) is 19.7 Å². The van der Waals surface area contributed by atoms with E-state index in [1.54, 1.807) is 0 Å². The van der Waals surface area contributed by atoms with Crippen molar-refractivity contribution in [3.8, 4) is 5.75 Å². The van der Waals surface area contributed by atoms with Crippen molar-refractivity contribution in [1.29, 1.82) is 0 Å². The van der Waals surface area contributed by atoms with Gasteiger partial charge in [0.05, 0.1) is 9.93 Å². The van der Waals surface area contributed by atoms with Crippen LogP contribution in [0.2, 0.25) is 5.02 Å². The van der Waals surface area contributed by atoms with Crippen LogP contribution in [-0.2, 0) is 10.0 Å². The predicted molar refractivity (Wildman–Crippen MR) is 94.6 cm³/mol. The zero-order chi connectivity index (χ0) is 17.6. The molecule has 25 heavy (non-hydrogen) atoms. The van der Waals surface area contributed by atoms with Gasteiger partial charge in [-0.2, -0.15) is 4.31 Å². The third kappa shape index (κ3) is 2.94. The molecule has 2 aromatic rings. The molecule has 0 amide bonds. The highest BCUT2D eigenvalue weighted by molar-refractivity contribution is 7.93. The smallest absolute Gasteiger partial charge is 0.242 e. The second-order valence-electron chi connectivity index (χ2n) is 6.13. The van der Waals surface area contributed by atoms with E-state index >= 15 is 0 Å². The van der Waals surface area contributed by atoms with Gasteiger partial charge in [-0.1, -0.05) is 41.9 Å². The van der Waals surface area contributed by atoms with Crippen molar-refractivity contribution in [3.05, 3.63) is 69.3 Å². The monoisotopic (exact) mass is 379 g/mol. The number of nitrogens with zero attached hydrogens (tertiary/aromatic N) is 1. The second kappa shape index (κ2) is 6.12. The Hall–Kier alpha value is -1.89. The van der Waals surface area contributed by atoms with E-state index in [0.717, 1.165) is 11.6 Å². The lowest BCUT2D eigenvalue weighted by atomic mass is 9.94. The number of sulfonamides is 1. The van der Waals surface area contributed by atoms with Crippen molar-refractivity contribution >= 4 is 27.7 Å². The van der Waals surface area contributed by atoms with E-state index in [0.29, 0.717) is 24.4 Å². The van der Waals surface area contributed by atoms with E-state index < -0.39 is 15.8 Å². The van der Waals surface area contributed by atoms with E-state index in [9.17, 15) is 12.8 Å². The summed E-state index contributed by atoms with van der Waals surface area (Å²) in [5, 5.41) is 0.135. The fourth-order valence-electron chi connectivity index (χ4n) is 3.08. The first-order valence-corrected chi connectivity index (χ1v) is 9.64. The van der Waals surface area contributed by atoms with Crippen LogP contribution in [0.4, 0.5) is 4.39 Å². The zero-order valence-corrected chi connectivity index (χ0v) is 14.7. The molecular formula is C18H15ClFNO3S. The Morgan fingerprint density at radius 1 is 1.16 bits per heavy atom. The summed E-state index contributed by atoms with van der Waals surface area (Å²) in [6.45, 7) is 0.758. The van der Waals surface area contributed by atoms with Crippen LogP contribution >= 0.6 is 11.6 Å². The maximum absolute atomic E-state index is 13.5. The first kappa shape index (κ1) is 16.6. The maximum Gasteiger partial charge on any atom is 0.242 e. The topological polar surface area (TPSA) is 46.6 Å². The van der Waals surface area contributed by atoms with Gasteiger partial charge in [-0.3, -0.25) is 0 Å². The molecule has 0 atom stereocenters. The van der Waals surface area contributed by atoms with Gasteiger partial charge in [-0.15, -0.1) is 0 Å². The van der Waals surface area contributed by atoms with Gasteiger partial charge in [0.2, 0.25) is 10.0 Å². The highest BCUT2D eigenvalue weighted by atomic mass is 35.5. The number of benzene rings is 2. The normalized spacial score (nSPS) is 18.1. The Kier molecular flexibility index (Phi) is 4.06. The molecule has 1 saturated heterocycles. The molecule has 0 saturated carbocycles. The van der Waals surface area contributed by atoms with Gasteiger partial charge in [-0.25, -0.2) is 12.8 Å². The third-order valence-electron chi connectivity index (χ3n) is 4.50. The van der Waals surface area contributed by atoms with E-state index in [4.69, 9.17) is 16.3 Å². The summed E-state index contributed by atoms with van der Waals surface area (Å²) < 4.78 is 46.0. The largest absolute Gasteiger partial charge is 0.486 e. The first-order valence-electron chi connectivity index (χ1n) is 7.82. The first-order chi connectivity index (χ1) is 11.9. The molecule has 130 valence electrons. The molecule has 0 unspecified atom stereocenters. The lowest BCUT2D eigenvalue weighted by molar-refractivity contribution is 0.263. The molecule has 2 heterocycles. The fourth-order valence-corrected chi connectivity index (χ4v) is 4.92. The molecule has 4 rings (SSSR count). The highest BCUT2D eigenvalue weighted by Crippen LogP contribution is 2.38. The minimum Gasteiger partial charge on any atom is -0.486 e. The predicted octanol–water partition coefficient (Wildman–Crippen LogP) is 3.64. The van der Waals surface area contributed by atoms with Crippen molar-refractivity contribution in [3.63, 3.8) is 0 Å². The van der Waals surface area contributed by atoms with E-state index in [1.165, 1.54) is 16.4 Å². The summed E-state index contributed by atoms with van der Waals surface area (Å²) in [7, 11) is -3.63. The molecule has 2 aliphatic rings. The molecule has 2 aliphatic heterocycles. The van der Waals surface area contributed by atoms with Crippen molar-refractivity contribution in [2.45, 2.75) is 5.92 Å². The molecule has 0 bridgehead atoms. The molecule has 0 aromatic heterocycles. The van der Waals surface area contributed by atoms with E-state index in [2.05, 4.69) is 0 Å². The van der Waals surface area contributed by atoms with Gasteiger partial charge < -0.3 is 4.74 Å². The Balaban J connectivity index is 1.57. The van der Waals surface area contributed by atoms with Crippen LogP contribution in [0.3, 0.4) is 0 Å². The van der Waals surface area contributed by atoms with Crippen LogP contribution in [0.5, 0.6) is 5.75 Å². The van der Waals surface area contributed by atoms with Gasteiger partial charge in [0.25, 0.3) is 0 Å². The van der Waals surface area contributed by atoms with Crippen LogP contribution in [0.25, 0.3) is 6.08 Å². The molecule has 1 fully saturated rings. The van der Waals surface area contributed by atoms with E-state index in [1.807, 2.05) is 30.3 Å². The summed E-state index contributed by atoms with van der Waals surface area (Å²) in [6.07, 6.45) is 1.44. The number of hydrogen-bond donors (Lipinski definition) is 0.